The summed E-state index contributed by atoms with van der Waals surface area (Å²) >= 11 is 3.70. The SMILES string of the molecule is CCOc1cc(CNCC2CCNCC2)c(Br)cc1OCc1ccccc1. The molecular formula is C22H29BrN2O2. The molecule has 4 nitrogen and oxygen atoms in total. The van der Waals surface area contributed by atoms with Gasteiger partial charge >= 0.3 is 0 Å². The summed E-state index contributed by atoms with van der Waals surface area (Å²) in [5.74, 6) is 2.34. The Morgan fingerprint density at radius 2 is 1.81 bits per heavy atom. The van der Waals surface area contributed by atoms with Crippen molar-refractivity contribution < 1.29 is 9.47 Å². The molecule has 2 N–H and O–H groups in total. The summed E-state index contributed by atoms with van der Waals surface area (Å²) in [6.45, 7) is 7.30. The molecule has 1 aliphatic heterocycles. The van der Waals surface area contributed by atoms with Crippen LogP contribution in [0.4, 0.5) is 0 Å². The van der Waals surface area contributed by atoms with Gasteiger partial charge in [0.05, 0.1) is 6.61 Å². The number of benzene rings is 2. The molecule has 0 saturated carbocycles. The normalized spacial score (nSPS) is 14.9. The van der Waals surface area contributed by atoms with Crippen molar-refractivity contribution in [1.82, 2.24) is 10.6 Å². The molecular weight excluding hydrogens is 404 g/mol. The highest BCUT2D eigenvalue weighted by Crippen LogP contribution is 2.34. The first-order valence-electron chi connectivity index (χ1n) is 9.79. The Bertz CT molecular complexity index is 703. The summed E-state index contributed by atoms with van der Waals surface area (Å²) in [6, 6.07) is 14.3. The first kappa shape index (κ1) is 20.2. The molecule has 1 fully saturated rings. The summed E-state index contributed by atoms with van der Waals surface area (Å²) in [6.07, 6.45) is 2.51. The standard InChI is InChI=1S/C22H29BrN2O2/c1-2-26-21-12-19(15-25-14-17-8-10-24-11-9-17)20(23)13-22(21)27-16-18-6-4-3-5-7-18/h3-7,12-13,17,24-25H,2,8-11,14-16H2,1H3. The number of piperidine rings is 1. The lowest BCUT2D eigenvalue weighted by Gasteiger charge is -2.23. The number of hydrogen-bond donors (Lipinski definition) is 2. The van der Waals surface area contributed by atoms with E-state index in [2.05, 4.69) is 44.8 Å². The van der Waals surface area contributed by atoms with E-state index >= 15 is 0 Å². The minimum absolute atomic E-state index is 0.528. The molecule has 5 heteroatoms. The highest BCUT2D eigenvalue weighted by atomic mass is 79.9. The first-order chi connectivity index (χ1) is 13.3. The first-order valence-corrected chi connectivity index (χ1v) is 10.6. The average molecular weight is 433 g/mol. The van der Waals surface area contributed by atoms with E-state index in [-0.39, 0.29) is 0 Å². The van der Waals surface area contributed by atoms with E-state index in [1.165, 1.54) is 18.4 Å². The third kappa shape index (κ3) is 6.23. The molecule has 2 aromatic carbocycles. The zero-order chi connectivity index (χ0) is 18.9. The molecule has 0 unspecified atom stereocenters. The van der Waals surface area contributed by atoms with Crippen LogP contribution in [0, 0.1) is 5.92 Å². The van der Waals surface area contributed by atoms with Crippen LogP contribution in [-0.4, -0.2) is 26.2 Å². The number of hydrogen-bond acceptors (Lipinski definition) is 4. The fourth-order valence-electron chi connectivity index (χ4n) is 3.33. The molecule has 1 heterocycles. The molecule has 0 bridgehead atoms. The van der Waals surface area contributed by atoms with E-state index in [9.17, 15) is 0 Å². The Morgan fingerprint density at radius 3 is 2.56 bits per heavy atom. The predicted molar refractivity (Wildman–Crippen MR) is 113 cm³/mol. The monoisotopic (exact) mass is 432 g/mol. The van der Waals surface area contributed by atoms with Crippen LogP contribution in [-0.2, 0) is 13.2 Å². The van der Waals surface area contributed by atoms with Crippen LogP contribution in [0.5, 0.6) is 11.5 Å². The highest BCUT2D eigenvalue weighted by molar-refractivity contribution is 9.10. The van der Waals surface area contributed by atoms with E-state index in [1.54, 1.807) is 0 Å². The Labute approximate surface area is 170 Å². The van der Waals surface area contributed by atoms with Gasteiger partial charge in [-0.15, -0.1) is 0 Å². The van der Waals surface area contributed by atoms with Gasteiger partial charge in [-0.25, -0.2) is 0 Å². The average Bonchev–Trinajstić information content (AvgIpc) is 2.71. The number of nitrogens with one attached hydrogen (secondary N) is 2. The van der Waals surface area contributed by atoms with E-state index < -0.39 is 0 Å². The number of rotatable bonds is 9. The second-order valence-corrected chi connectivity index (χ2v) is 7.78. The second kappa shape index (κ2) is 10.7. The van der Waals surface area contributed by atoms with Crippen molar-refractivity contribution in [2.24, 2.45) is 5.92 Å². The van der Waals surface area contributed by atoms with Crippen LogP contribution in [0.2, 0.25) is 0 Å². The Morgan fingerprint density at radius 1 is 1.07 bits per heavy atom. The molecule has 0 atom stereocenters. The van der Waals surface area contributed by atoms with Gasteiger partial charge in [-0.05, 0) is 68.6 Å². The zero-order valence-electron chi connectivity index (χ0n) is 16.0. The lowest BCUT2D eigenvalue weighted by molar-refractivity contribution is 0.268. The summed E-state index contributed by atoms with van der Waals surface area (Å²) in [5, 5.41) is 7.02. The minimum atomic E-state index is 0.528. The molecule has 2 aromatic rings. The van der Waals surface area contributed by atoms with Crippen LogP contribution >= 0.6 is 15.9 Å². The number of halogens is 1. The minimum Gasteiger partial charge on any atom is -0.490 e. The van der Waals surface area contributed by atoms with E-state index in [4.69, 9.17) is 9.47 Å². The maximum Gasteiger partial charge on any atom is 0.162 e. The van der Waals surface area contributed by atoms with Crippen molar-refractivity contribution in [2.45, 2.75) is 32.9 Å². The van der Waals surface area contributed by atoms with Crippen molar-refractivity contribution in [3.8, 4) is 11.5 Å². The van der Waals surface area contributed by atoms with Crippen molar-refractivity contribution in [2.75, 3.05) is 26.2 Å². The van der Waals surface area contributed by atoms with Gasteiger partial charge < -0.3 is 20.1 Å². The lowest BCUT2D eigenvalue weighted by atomic mass is 9.98. The van der Waals surface area contributed by atoms with Crippen LogP contribution in [0.15, 0.2) is 46.9 Å². The molecule has 0 aliphatic carbocycles. The van der Waals surface area contributed by atoms with Crippen LogP contribution < -0.4 is 20.1 Å². The van der Waals surface area contributed by atoms with Gasteiger partial charge in [0, 0.05) is 11.0 Å². The highest BCUT2D eigenvalue weighted by Gasteiger charge is 2.14. The molecule has 146 valence electrons. The fraction of sp³-hybridized carbons (Fsp3) is 0.455. The van der Waals surface area contributed by atoms with Gasteiger partial charge in [0.15, 0.2) is 11.5 Å². The summed E-state index contributed by atoms with van der Waals surface area (Å²) in [5.41, 5.74) is 2.34. The molecule has 1 aliphatic rings. The van der Waals surface area contributed by atoms with Crippen LogP contribution in [0.3, 0.4) is 0 Å². The summed E-state index contributed by atoms with van der Waals surface area (Å²) < 4.78 is 12.9. The fourth-order valence-corrected chi connectivity index (χ4v) is 3.79. The molecule has 3 rings (SSSR count). The van der Waals surface area contributed by atoms with Gasteiger partial charge in [-0.3, -0.25) is 0 Å². The Kier molecular flexibility index (Phi) is 7.99. The third-order valence-corrected chi connectivity index (χ3v) is 5.60. The number of ether oxygens (including phenoxy) is 2. The van der Waals surface area contributed by atoms with Crippen molar-refractivity contribution in [3.05, 3.63) is 58.1 Å². The summed E-state index contributed by atoms with van der Waals surface area (Å²) in [4.78, 5) is 0. The summed E-state index contributed by atoms with van der Waals surface area (Å²) in [7, 11) is 0. The van der Waals surface area contributed by atoms with Gasteiger partial charge in [-0.2, -0.15) is 0 Å². The van der Waals surface area contributed by atoms with Gasteiger partial charge in [-0.1, -0.05) is 46.3 Å². The smallest absolute Gasteiger partial charge is 0.162 e. The second-order valence-electron chi connectivity index (χ2n) is 6.92. The van der Waals surface area contributed by atoms with Crippen molar-refractivity contribution in [3.63, 3.8) is 0 Å². The molecule has 0 amide bonds. The maximum atomic E-state index is 6.03. The largest absolute Gasteiger partial charge is 0.490 e. The third-order valence-electron chi connectivity index (χ3n) is 4.86. The molecule has 0 aromatic heterocycles. The van der Waals surface area contributed by atoms with Gasteiger partial charge in [0.1, 0.15) is 6.61 Å². The van der Waals surface area contributed by atoms with E-state index in [0.29, 0.717) is 13.2 Å². The Hall–Kier alpha value is -1.56. The molecule has 0 radical (unpaired) electrons. The van der Waals surface area contributed by atoms with Crippen LogP contribution in [0.1, 0.15) is 30.9 Å². The molecule has 27 heavy (non-hydrogen) atoms. The van der Waals surface area contributed by atoms with E-state index in [1.807, 2.05) is 31.2 Å². The molecule has 0 spiro atoms. The maximum absolute atomic E-state index is 6.03. The topological polar surface area (TPSA) is 42.5 Å². The quantitative estimate of drug-likeness (QED) is 0.611. The molecule has 1 saturated heterocycles. The van der Waals surface area contributed by atoms with Gasteiger partial charge in [0.2, 0.25) is 0 Å². The Balaban J connectivity index is 1.61. The van der Waals surface area contributed by atoms with Crippen molar-refractivity contribution in [1.29, 1.82) is 0 Å². The lowest BCUT2D eigenvalue weighted by Crippen LogP contribution is -2.33. The predicted octanol–water partition coefficient (Wildman–Crippen LogP) is 4.52. The van der Waals surface area contributed by atoms with Gasteiger partial charge in [0.25, 0.3) is 0 Å². The van der Waals surface area contributed by atoms with Crippen LogP contribution in [0.25, 0.3) is 0 Å². The zero-order valence-corrected chi connectivity index (χ0v) is 17.6. The van der Waals surface area contributed by atoms with Crippen molar-refractivity contribution >= 4 is 15.9 Å². The van der Waals surface area contributed by atoms with E-state index in [0.717, 1.165) is 53.6 Å².